The summed E-state index contributed by atoms with van der Waals surface area (Å²) in [6, 6.07) is 6.62. The van der Waals surface area contributed by atoms with Gasteiger partial charge in [-0.2, -0.15) is 0 Å². The molecule has 2 N–H and O–H groups in total. The fraction of sp³-hybridized carbons (Fsp3) is 0.400. The summed E-state index contributed by atoms with van der Waals surface area (Å²) >= 11 is 1.24. The van der Waals surface area contributed by atoms with E-state index >= 15 is 0 Å². The second-order valence-corrected chi connectivity index (χ2v) is 7.53. The average Bonchev–Trinajstić information content (AvgIpc) is 3.20. The van der Waals surface area contributed by atoms with Crippen molar-refractivity contribution < 1.29 is 23.9 Å². The summed E-state index contributed by atoms with van der Waals surface area (Å²) < 4.78 is 10.2. The molecule has 10 nitrogen and oxygen atoms in total. The van der Waals surface area contributed by atoms with Crippen molar-refractivity contribution >= 4 is 40.2 Å². The first kappa shape index (κ1) is 22.3. The number of nitrogens with one attached hydrogen (secondary N) is 2. The van der Waals surface area contributed by atoms with Crippen molar-refractivity contribution in [3.8, 4) is 5.75 Å². The molecule has 0 unspecified atom stereocenters. The van der Waals surface area contributed by atoms with Crippen molar-refractivity contribution in [3.05, 3.63) is 35.3 Å². The smallest absolute Gasteiger partial charge is 0.409 e. The molecular formula is C20H25N5O5S. The highest BCUT2D eigenvalue weighted by Gasteiger charge is 2.25. The molecule has 166 valence electrons. The Morgan fingerprint density at radius 3 is 2.52 bits per heavy atom. The molecule has 1 aromatic carbocycles. The second-order valence-electron chi connectivity index (χ2n) is 6.67. The third-order valence-electron chi connectivity index (χ3n) is 4.62. The van der Waals surface area contributed by atoms with Gasteiger partial charge in [0.15, 0.2) is 5.13 Å². The molecule has 11 heteroatoms. The normalized spacial score (nSPS) is 13.5. The summed E-state index contributed by atoms with van der Waals surface area (Å²) in [6.45, 7) is 3.88. The summed E-state index contributed by atoms with van der Waals surface area (Å²) in [4.78, 5) is 44.2. The van der Waals surface area contributed by atoms with Crippen LogP contribution in [0.1, 0.15) is 12.6 Å². The molecule has 0 radical (unpaired) electrons. The van der Waals surface area contributed by atoms with Gasteiger partial charge in [-0.05, 0) is 19.1 Å². The SMILES string of the molecule is CCOC(=O)N1CCN(C(=O)Cc2csc(NC(=O)Nc3ccccc3OC)n2)CC1. The van der Waals surface area contributed by atoms with Crippen LogP contribution in [0, 0.1) is 0 Å². The number of carbonyl (C=O) groups excluding carboxylic acids is 3. The number of methoxy groups -OCH3 is 1. The topological polar surface area (TPSA) is 113 Å². The van der Waals surface area contributed by atoms with Crippen molar-refractivity contribution in [2.24, 2.45) is 0 Å². The van der Waals surface area contributed by atoms with Gasteiger partial charge in [0.25, 0.3) is 0 Å². The minimum absolute atomic E-state index is 0.0705. The first-order valence-electron chi connectivity index (χ1n) is 9.85. The predicted octanol–water partition coefficient (Wildman–Crippen LogP) is 2.64. The molecular weight excluding hydrogens is 422 g/mol. The summed E-state index contributed by atoms with van der Waals surface area (Å²) in [5.74, 6) is 0.477. The Morgan fingerprint density at radius 1 is 1.10 bits per heavy atom. The Bertz CT molecular complexity index is 926. The van der Waals surface area contributed by atoms with Gasteiger partial charge in [0.2, 0.25) is 5.91 Å². The molecule has 1 fully saturated rings. The van der Waals surface area contributed by atoms with Gasteiger partial charge in [0.05, 0.1) is 31.5 Å². The number of ether oxygens (including phenoxy) is 2. The molecule has 1 aliphatic rings. The van der Waals surface area contributed by atoms with Crippen LogP contribution in [0.4, 0.5) is 20.4 Å². The number of amides is 4. The molecule has 0 atom stereocenters. The van der Waals surface area contributed by atoms with Crippen molar-refractivity contribution in [1.82, 2.24) is 14.8 Å². The number of nitrogens with zero attached hydrogens (tertiary/aromatic N) is 3. The van der Waals surface area contributed by atoms with Crippen LogP contribution in [0.5, 0.6) is 5.75 Å². The monoisotopic (exact) mass is 447 g/mol. The number of hydrogen-bond acceptors (Lipinski definition) is 7. The number of para-hydroxylation sites is 2. The van der Waals surface area contributed by atoms with E-state index in [4.69, 9.17) is 9.47 Å². The van der Waals surface area contributed by atoms with Gasteiger partial charge in [-0.1, -0.05) is 12.1 Å². The number of rotatable bonds is 6. The van der Waals surface area contributed by atoms with Crippen LogP contribution in [0.25, 0.3) is 0 Å². The fourth-order valence-corrected chi connectivity index (χ4v) is 3.77. The minimum atomic E-state index is -0.452. The van der Waals surface area contributed by atoms with Gasteiger partial charge in [0, 0.05) is 31.6 Å². The van der Waals surface area contributed by atoms with Gasteiger partial charge in [-0.3, -0.25) is 10.1 Å². The average molecular weight is 448 g/mol. The number of carbonyl (C=O) groups is 3. The third-order valence-corrected chi connectivity index (χ3v) is 5.42. The maximum absolute atomic E-state index is 12.6. The van der Waals surface area contributed by atoms with Gasteiger partial charge in [-0.15, -0.1) is 11.3 Å². The Hall–Kier alpha value is -3.34. The molecule has 0 aliphatic carbocycles. The Labute approximate surface area is 184 Å². The molecule has 1 saturated heterocycles. The van der Waals surface area contributed by atoms with E-state index in [1.165, 1.54) is 18.4 Å². The summed E-state index contributed by atoms with van der Waals surface area (Å²) in [7, 11) is 1.53. The highest BCUT2D eigenvalue weighted by atomic mass is 32.1. The molecule has 0 spiro atoms. The van der Waals surface area contributed by atoms with E-state index in [-0.39, 0.29) is 18.4 Å². The number of aromatic nitrogens is 1. The second kappa shape index (κ2) is 10.6. The Balaban J connectivity index is 1.48. The molecule has 1 aliphatic heterocycles. The molecule has 2 heterocycles. The van der Waals surface area contributed by atoms with E-state index in [1.807, 2.05) is 6.07 Å². The lowest BCUT2D eigenvalue weighted by Crippen LogP contribution is -2.51. The zero-order chi connectivity index (χ0) is 22.2. The molecule has 1 aromatic heterocycles. The number of piperazine rings is 1. The van der Waals surface area contributed by atoms with E-state index in [9.17, 15) is 14.4 Å². The number of benzene rings is 1. The van der Waals surface area contributed by atoms with Gasteiger partial charge >= 0.3 is 12.1 Å². The van der Waals surface area contributed by atoms with Crippen LogP contribution in [0.3, 0.4) is 0 Å². The highest BCUT2D eigenvalue weighted by molar-refractivity contribution is 7.14. The van der Waals surface area contributed by atoms with Crippen molar-refractivity contribution in [2.75, 3.05) is 50.5 Å². The van der Waals surface area contributed by atoms with Crippen LogP contribution < -0.4 is 15.4 Å². The first-order chi connectivity index (χ1) is 15.0. The molecule has 0 bridgehead atoms. The van der Waals surface area contributed by atoms with Crippen LogP contribution in [0.15, 0.2) is 29.6 Å². The lowest BCUT2D eigenvalue weighted by molar-refractivity contribution is -0.132. The number of hydrogen-bond donors (Lipinski definition) is 2. The third kappa shape index (κ3) is 6.07. The van der Waals surface area contributed by atoms with E-state index < -0.39 is 6.03 Å². The highest BCUT2D eigenvalue weighted by Crippen LogP contribution is 2.23. The molecule has 2 aromatic rings. The number of anilines is 2. The zero-order valence-corrected chi connectivity index (χ0v) is 18.2. The minimum Gasteiger partial charge on any atom is -0.495 e. The summed E-state index contributed by atoms with van der Waals surface area (Å²) in [5.41, 5.74) is 1.12. The summed E-state index contributed by atoms with van der Waals surface area (Å²) in [6.07, 6.45) is -0.220. The molecule has 31 heavy (non-hydrogen) atoms. The molecule has 0 saturated carbocycles. The maximum Gasteiger partial charge on any atom is 0.409 e. The van der Waals surface area contributed by atoms with Crippen molar-refractivity contribution in [1.29, 1.82) is 0 Å². The van der Waals surface area contributed by atoms with E-state index in [0.29, 0.717) is 55.0 Å². The van der Waals surface area contributed by atoms with E-state index in [2.05, 4.69) is 15.6 Å². The lowest BCUT2D eigenvalue weighted by atomic mass is 10.2. The Morgan fingerprint density at radius 2 is 1.81 bits per heavy atom. The van der Waals surface area contributed by atoms with Crippen LogP contribution in [0.2, 0.25) is 0 Å². The maximum atomic E-state index is 12.6. The van der Waals surface area contributed by atoms with Crippen LogP contribution in [-0.2, 0) is 16.0 Å². The zero-order valence-electron chi connectivity index (χ0n) is 17.4. The lowest BCUT2D eigenvalue weighted by Gasteiger charge is -2.34. The van der Waals surface area contributed by atoms with Gasteiger partial charge in [0.1, 0.15) is 5.75 Å². The summed E-state index contributed by atoms with van der Waals surface area (Å²) in [5, 5.41) is 7.50. The fourth-order valence-electron chi connectivity index (χ4n) is 3.06. The predicted molar refractivity (Wildman–Crippen MR) is 117 cm³/mol. The van der Waals surface area contributed by atoms with Crippen molar-refractivity contribution in [3.63, 3.8) is 0 Å². The number of urea groups is 1. The van der Waals surface area contributed by atoms with Gasteiger partial charge < -0.3 is 24.6 Å². The Kier molecular flexibility index (Phi) is 7.65. The quantitative estimate of drug-likeness (QED) is 0.704. The molecule has 3 rings (SSSR count). The first-order valence-corrected chi connectivity index (χ1v) is 10.7. The van der Waals surface area contributed by atoms with E-state index in [0.717, 1.165) is 0 Å². The number of thiazole rings is 1. The molecule has 4 amide bonds. The van der Waals surface area contributed by atoms with Crippen LogP contribution >= 0.6 is 11.3 Å². The standard InChI is InChI=1S/C20H25N5O5S/c1-3-30-20(28)25-10-8-24(9-11-25)17(26)12-14-13-31-19(21-14)23-18(27)22-15-6-4-5-7-16(15)29-2/h4-7,13H,3,8-12H2,1-2H3,(H2,21,22,23,27). The van der Waals surface area contributed by atoms with E-state index in [1.54, 1.807) is 40.3 Å². The van der Waals surface area contributed by atoms with Crippen LogP contribution in [-0.4, -0.2) is 72.7 Å². The van der Waals surface area contributed by atoms with Gasteiger partial charge in [-0.25, -0.2) is 14.6 Å². The largest absolute Gasteiger partial charge is 0.495 e. The van der Waals surface area contributed by atoms with Crippen molar-refractivity contribution in [2.45, 2.75) is 13.3 Å².